The Hall–Kier alpha value is -1.69. The van der Waals surface area contributed by atoms with Crippen molar-refractivity contribution in [3.63, 3.8) is 0 Å². The van der Waals surface area contributed by atoms with Gasteiger partial charge in [0.05, 0.1) is 18.8 Å². The first-order valence-corrected chi connectivity index (χ1v) is 6.51. The molecule has 1 aromatic rings. The topological polar surface area (TPSA) is 64.5 Å². The first-order valence-electron chi connectivity index (χ1n) is 6.51. The third kappa shape index (κ3) is 3.41. The summed E-state index contributed by atoms with van der Waals surface area (Å²) in [5, 5.41) is 8.01. The number of ether oxygens (including phenoxy) is 2. The summed E-state index contributed by atoms with van der Waals surface area (Å²) in [4.78, 5) is 13.6. The molecule has 0 saturated carbocycles. The lowest BCUT2D eigenvalue weighted by molar-refractivity contribution is -0.00552. The fourth-order valence-corrected chi connectivity index (χ4v) is 2.17. The average Bonchev–Trinajstić information content (AvgIpc) is 2.38. The van der Waals surface area contributed by atoms with Crippen LogP contribution in [0.15, 0.2) is 12.1 Å². The maximum absolute atomic E-state index is 11.5. The highest BCUT2D eigenvalue weighted by Crippen LogP contribution is 2.17. The molecule has 2 heterocycles. The second kappa shape index (κ2) is 5.97. The van der Waals surface area contributed by atoms with Crippen LogP contribution < -0.4 is 4.90 Å². The Labute approximate surface area is 112 Å². The maximum atomic E-state index is 11.5. The second-order valence-corrected chi connectivity index (χ2v) is 4.66. The van der Waals surface area contributed by atoms with Gasteiger partial charge in [-0.05, 0) is 32.9 Å². The third-order valence-electron chi connectivity index (χ3n) is 2.88. The molecule has 0 amide bonds. The van der Waals surface area contributed by atoms with Gasteiger partial charge in [0.25, 0.3) is 0 Å². The molecule has 0 aromatic carbocycles. The molecule has 0 spiro atoms. The van der Waals surface area contributed by atoms with Gasteiger partial charge < -0.3 is 14.4 Å². The van der Waals surface area contributed by atoms with Crippen molar-refractivity contribution in [2.24, 2.45) is 0 Å². The van der Waals surface area contributed by atoms with E-state index in [9.17, 15) is 4.79 Å². The van der Waals surface area contributed by atoms with Gasteiger partial charge in [-0.1, -0.05) is 0 Å². The van der Waals surface area contributed by atoms with Crippen LogP contribution in [0.4, 0.5) is 5.82 Å². The van der Waals surface area contributed by atoms with Crippen molar-refractivity contribution < 1.29 is 14.3 Å². The standard InChI is InChI=1S/C13H19N3O3/c1-4-18-13(17)11-5-6-12(15-14-11)16-7-9(2)19-10(3)8-16/h5-6,9-10H,4,7-8H2,1-3H3/t9-,10-/m0/s1. The van der Waals surface area contributed by atoms with Crippen molar-refractivity contribution >= 4 is 11.8 Å². The smallest absolute Gasteiger partial charge is 0.358 e. The summed E-state index contributed by atoms with van der Waals surface area (Å²) < 4.78 is 10.5. The molecular weight excluding hydrogens is 246 g/mol. The van der Waals surface area contributed by atoms with E-state index in [2.05, 4.69) is 15.1 Å². The molecule has 0 radical (unpaired) electrons. The number of anilines is 1. The van der Waals surface area contributed by atoms with Crippen LogP contribution in [0.5, 0.6) is 0 Å². The molecule has 104 valence electrons. The summed E-state index contributed by atoms with van der Waals surface area (Å²) in [5.74, 6) is 0.320. The zero-order valence-corrected chi connectivity index (χ0v) is 11.5. The van der Waals surface area contributed by atoms with Crippen molar-refractivity contribution in [2.75, 3.05) is 24.6 Å². The summed E-state index contributed by atoms with van der Waals surface area (Å²) in [7, 11) is 0. The molecule has 6 heteroatoms. The van der Waals surface area contributed by atoms with Gasteiger partial charge in [0.1, 0.15) is 0 Å². The van der Waals surface area contributed by atoms with Gasteiger partial charge in [0.15, 0.2) is 11.5 Å². The highest BCUT2D eigenvalue weighted by molar-refractivity contribution is 5.87. The molecule has 19 heavy (non-hydrogen) atoms. The van der Waals surface area contributed by atoms with Crippen LogP contribution in [0.1, 0.15) is 31.3 Å². The van der Waals surface area contributed by atoms with Crippen LogP contribution >= 0.6 is 0 Å². The minimum atomic E-state index is -0.440. The lowest BCUT2D eigenvalue weighted by atomic mass is 10.2. The summed E-state index contributed by atoms with van der Waals surface area (Å²) in [6.07, 6.45) is 0.325. The highest BCUT2D eigenvalue weighted by atomic mass is 16.5. The fraction of sp³-hybridized carbons (Fsp3) is 0.615. The number of morpholine rings is 1. The van der Waals surface area contributed by atoms with Crippen molar-refractivity contribution in [1.29, 1.82) is 0 Å². The predicted molar refractivity (Wildman–Crippen MR) is 70.2 cm³/mol. The normalized spacial score (nSPS) is 23.2. The largest absolute Gasteiger partial charge is 0.461 e. The lowest BCUT2D eigenvalue weighted by Gasteiger charge is -2.35. The monoisotopic (exact) mass is 265 g/mol. The van der Waals surface area contributed by atoms with Crippen molar-refractivity contribution in [2.45, 2.75) is 33.0 Å². The Morgan fingerprint density at radius 2 is 2.05 bits per heavy atom. The quantitative estimate of drug-likeness (QED) is 0.767. The van der Waals surface area contributed by atoms with E-state index in [0.29, 0.717) is 6.61 Å². The van der Waals surface area contributed by atoms with E-state index in [0.717, 1.165) is 18.9 Å². The van der Waals surface area contributed by atoms with Crippen LogP contribution in [0.3, 0.4) is 0 Å². The number of hydrogen-bond acceptors (Lipinski definition) is 6. The Bertz CT molecular complexity index is 425. The molecule has 2 rings (SSSR count). The number of esters is 1. The van der Waals surface area contributed by atoms with Crippen molar-refractivity contribution in [3.05, 3.63) is 17.8 Å². The Morgan fingerprint density at radius 3 is 2.58 bits per heavy atom. The van der Waals surface area contributed by atoms with Crippen LogP contribution in [0.2, 0.25) is 0 Å². The molecule has 0 bridgehead atoms. The predicted octanol–water partition coefficient (Wildman–Crippen LogP) is 1.27. The molecule has 1 fully saturated rings. The number of rotatable bonds is 3. The van der Waals surface area contributed by atoms with E-state index in [1.165, 1.54) is 0 Å². The van der Waals surface area contributed by atoms with E-state index >= 15 is 0 Å². The van der Waals surface area contributed by atoms with Gasteiger partial charge in [-0.2, -0.15) is 0 Å². The molecule has 1 saturated heterocycles. The number of carbonyl (C=O) groups excluding carboxylic acids is 1. The highest BCUT2D eigenvalue weighted by Gasteiger charge is 2.23. The minimum absolute atomic E-state index is 0.162. The summed E-state index contributed by atoms with van der Waals surface area (Å²) in [6, 6.07) is 3.44. The van der Waals surface area contributed by atoms with Gasteiger partial charge in [0, 0.05) is 13.1 Å². The summed E-state index contributed by atoms with van der Waals surface area (Å²) >= 11 is 0. The summed E-state index contributed by atoms with van der Waals surface area (Å²) in [5.41, 5.74) is 0.236. The van der Waals surface area contributed by atoms with Gasteiger partial charge >= 0.3 is 5.97 Å². The molecular formula is C13H19N3O3. The molecule has 1 aliphatic rings. The first kappa shape index (κ1) is 13.7. The van der Waals surface area contributed by atoms with E-state index in [1.54, 1.807) is 19.1 Å². The Morgan fingerprint density at radius 1 is 1.37 bits per heavy atom. The second-order valence-electron chi connectivity index (χ2n) is 4.66. The Balaban J connectivity index is 2.07. The van der Waals surface area contributed by atoms with Crippen molar-refractivity contribution in [1.82, 2.24) is 10.2 Å². The SMILES string of the molecule is CCOC(=O)c1ccc(N2C[C@H](C)O[C@@H](C)C2)nn1. The van der Waals surface area contributed by atoms with Gasteiger partial charge in [-0.3, -0.25) is 0 Å². The zero-order chi connectivity index (χ0) is 13.8. The zero-order valence-electron chi connectivity index (χ0n) is 11.5. The van der Waals surface area contributed by atoms with Gasteiger partial charge in [-0.15, -0.1) is 10.2 Å². The Kier molecular flexibility index (Phi) is 4.31. The number of nitrogens with zero attached hydrogens (tertiary/aromatic N) is 3. The van der Waals surface area contributed by atoms with E-state index < -0.39 is 5.97 Å². The van der Waals surface area contributed by atoms with Crippen LogP contribution in [0, 0.1) is 0 Å². The maximum Gasteiger partial charge on any atom is 0.358 e. The van der Waals surface area contributed by atoms with Crippen LogP contribution in [0.25, 0.3) is 0 Å². The molecule has 1 aromatic heterocycles. The molecule has 2 atom stereocenters. The first-order chi connectivity index (χ1) is 9.10. The fourth-order valence-electron chi connectivity index (χ4n) is 2.17. The van der Waals surface area contributed by atoms with Crippen LogP contribution in [-0.4, -0.2) is 48.1 Å². The average molecular weight is 265 g/mol. The number of hydrogen-bond donors (Lipinski definition) is 0. The minimum Gasteiger partial charge on any atom is -0.461 e. The van der Waals surface area contributed by atoms with E-state index in [4.69, 9.17) is 9.47 Å². The van der Waals surface area contributed by atoms with Crippen LogP contribution in [-0.2, 0) is 9.47 Å². The molecule has 6 nitrogen and oxygen atoms in total. The van der Waals surface area contributed by atoms with Crippen molar-refractivity contribution in [3.8, 4) is 0 Å². The molecule has 0 aliphatic carbocycles. The van der Waals surface area contributed by atoms with E-state index in [-0.39, 0.29) is 17.9 Å². The number of aromatic nitrogens is 2. The summed E-state index contributed by atoms with van der Waals surface area (Å²) in [6.45, 7) is 7.71. The van der Waals surface area contributed by atoms with E-state index in [1.807, 2.05) is 13.8 Å². The van der Waals surface area contributed by atoms with Gasteiger partial charge in [-0.25, -0.2) is 4.79 Å². The number of carbonyl (C=O) groups is 1. The molecule has 0 N–H and O–H groups in total. The molecule has 1 aliphatic heterocycles. The lowest BCUT2D eigenvalue weighted by Crippen LogP contribution is -2.45. The molecule has 0 unspecified atom stereocenters. The van der Waals surface area contributed by atoms with Gasteiger partial charge in [0.2, 0.25) is 0 Å². The third-order valence-corrected chi connectivity index (χ3v) is 2.88.